The van der Waals surface area contributed by atoms with Gasteiger partial charge in [0.15, 0.2) is 0 Å². The summed E-state index contributed by atoms with van der Waals surface area (Å²) in [4.78, 5) is 32.6. The second-order valence-corrected chi connectivity index (χ2v) is 5.95. The number of carbonyl (C=O) groups is 2. The van der Waals surface area contributed by atoms with Crippen molar-refractivity contribution in [3.63, 3.8) is 0 Å². The summed E-state index contributed by atoms with van der Waals surface area (Å²) in [5.74, 6) is 0.259. The zero-order valence-electron chi connectivity index (χ0n) is 12.4. The molecule has 112 valence electrons. The van der Waals surface area contributed by atoms with Crippen molar-refractivity contribution in [2.24, 2.45) is 0 Å². The third kappa shape index (κ3) is 2.41. The minimum atomic E-state index is -0.307. The minimum absolute atomic E-state index is 0.0961. The van der Waals surface area contributed by atoms with E-state index in [1.54, 1.807) is 17.3 Å². The lowest BCUT2D eigenvalue weighted by molar-refractivity contribution is -0.139. The van der Waals surface area contributed by atoms with Gasteiger partial charge < -0.3 is 9.80 Å². The van der Waals surface area contributed by atoms with Crippen LogP contribution < -0.4 is 4.90 Å². The highest BCUT2D eigenvalue weighted by Crippen LogP contribution is 2.39. The number of amides is 2. The number of likely N-dealkylation sites (tertiary alicyclic amines) is 1. The number of pyridine rings is 1. The van der Waals surface area contributed by atoms with Gasteiger partial charge in [-0.15, -0.1) is 0 Å². The SMILES string of the molecule is CCC(=O)N1CCCCC12CC(=O)N(c1cccnc1)C2. The van der Waals surface area contributed by atoms with E-state index >= 15 is 0 Å². The molecule has 2 aliphatic heterocycles. The van der Waals surface area contributed by atoms with Crippen molar-refractivity contribution in [3.8, 4) is 0 Å². The average molecular weight is 287 g/mol. The molecule has 0 saturated carbocycles. The van der Waals surface area contributed by atoms with Crippen molar-refractivity contribution in [3.05, 3.63) is 24.5 Å². The van der Waals surface area contributed by atoms with Crippen LogP contribution in [0.5, 0.6) is 0 Å². The molecule has 2 aliphatic rings. The van der Waals surface area contributed by atoms with Gasteiger partial charge in [0, 0.05) is 25.7 Å². The third-order valence-electron chi connectivity index (χ3n) is 4.64. The van der Waals surface area contributed by atoms with Gasteiger partial charge in [0.05, 0.1) is 23.8 Å². The highest BCUT2D eigenvalue weighted by atomic mass is 16.2. The predicted molar refractivity (Wildman–Crippen MR) is 79.8 cm³/mol. The van der Waals surface area contributed by atoms with Gasteiger partial charge in [0.1, 0.15) is 0 Å². The lowest BCUT2D eigenvalue weighted by Gasteiger charge is -2.44. The van der Waals surface area contributed by atoms with Crippen LogP contribution in [0.1, 0.15) is 39.0 Å². The third-order valence-corrected chi connectivity index (χ3v) is 4.64. The topological polar surface area (TPSA) is 53.5 Å². The van der Waals surface area contributed by atoms with E-state index in [0.717, 1.165) is 31.5 Å². The zero-order valence-corrected chi connectivity index (χ0v) is 12.4. The van der Waals surface area contributed by atoms with E-state index in [-0.39, 0.29) is 17.4 Å². The van der Waals surface area contributed by atoms with Crippen molar-refractivity contribution >= 4 is 17.5 Å². The number of anilines is 1. The molecule has 1 aromatic rings. The van der Waals surface area contributed by atoms with Crippen LogP contribution in [0, 0.1) is 0 Å². The lowest BCUT2D eigenvalue weighted by atomic mass is 9.85. The van der Waals surface area contributed by atoms with Crippen LogP contribution in [-0.2, 0) is 9.59 Å². The number of rotatable bonds is 2. The van der Waals surface area contributed by atoms with Crippen LogP contribution in [-0.4, -0.2) is 40.3 Å². The second-order valence-electron chi connectivity index (χ2n) is 5.95. The molecule has 0 aromatic carbocycles. The van der Waals surface area contributed by atoms with Crippen molar-refractivity contribution in [1.29, 1.82) is 0 Å². The van der Waals surface area contributed by atoms with Gasteiger partial charge in [-0.25, -0.2) is 0 Å². The molecule has 0 radical (unpaired) electrons. The summed E-state index contributed by atoms with van der Waals surface area (Å²) < 4.78 is 0. The number of hydrogen-bond donors (Lipinski definition) is 0. The average Bonchev–Trinajstić information content (AvgIpc) is 2.85. The molecular formula is C16H21N3O2. The van der Waals surface area contributed by atoms with Crippen molar-refractivity contribution in [2.45, 2.75) is 44.6 Å². The fraction of sp³-hybridized carbons (Fsp3) is 0.562. The number of nitrogens with zero attached hydrogens (tertiary/aromatic N) is 3. The molecule has 2 amide bonds. The first-order valence-electron chi connectivity index (χ1n) is 7.67. The quantitative estimate of drug-likeness (QED) is 0.835. The van der Waals surface area contributed by atoms with Crippen molar-refractivity contribution < 1.29 is 9.59 Å². The first-order chi connectivity index (χ1) is 10.2. The first kappa shape index (κ1) is 14.0. The fourth-order valence-electron chi connectivity index (χ4n) is 3.59. The molecule has 0 N–H and O–H groups in total. The molecule has 21 heavy (non-hydrogen) atoms. The Morgan fingerprint density at radius 2 is 2.29 bits per heavy atom. The first-order valence-corrected chi connectivity index (χ1v) is 7.67. The van der Waals surface area contributed by atoms with Gasteiger partial charge in [0.25, 0.3) is 0 Å². The molecule has 0 bridgehead atoms. The molecule has 2 saturated heterocycles. The van der Waals surface area contributed by atoms with E-state index in [1.165, 1.54) is 0 Å². The van der Waals surface area contributed by atoms with Crippen LogP contribution >= 0.6 is 0 Å². The number of aromatic nitrogens is 1. The number of carbonyl (C=O) groups excluding carboxylic acids is 2. The highest BCUT2D eigenvalue weighted by Gasteiger charge is 2.50. The van der Waals surface area contributed by atoms with Gasteiger partial charge in [-0.1, -0.05) is 6.92 Å². The predicted octanol–water partition coefficient (Wildman–Crippen LogP) is 1.98. The van der Waals surface area contributed by atoms with E-state index in [1.807, 2.05) is 24.0 Å². The highest BCUT2D eigenvalue weighted by molar-refractivity contribution is 5.97. The standard InChI is InChI=1S/C16H21N3O2/c1-2-14(20)19-9-4-3-7-16(19)10-15(21)18(12-16)13-6-5-8-17-11-13/h5-6,8,11H,2-4,7,9-10,12H2,1H3. The smallest absolute Gasteiger partial charge is 0.229 e. The van der Waals surface area contributed by atoms with E-state index in [0.29, 0.717) is 19.4 Å². The van der Waals surface area contributed by atoms with Crippen LogP contribution in [0.4, 0.5) is 5.69 Å². The summed E-state index contributed by atoms with van der Waals surface area (Å²) in [5, 5.41) is 0. The summed E-state index contributed by atoms with van der Waals surface area (Å²) in [6.45, 7) is 3.27. The Kier molecular flexibility index (Phi) is 3.66. The fourth-order valence-corrected chi connectivity index (χ4v) is 3.59. The normalized spacial score (nSPS) is 25.7. The van der Waals surface area contributed by atoms with Crippen LogP contribution in [0.3, 0.4) is 0 Å². The summed E-state index contributed by atoms with van der Waals surface area (Å²) in [7, 11) is 0. The Morgan fingerprint density at radius 1 is 1.43 bits per heavy atom. The molecular weight excluding hydrogens is 266 g/mol. The molecule has 1 aromatic heterocycles. The Labute approximate surface area is 124 Å². The van der Waals surface area contributed by atoms with E-state index in [4.69, 9.17) is 0 Å². The lowest BCUT2D eigenvalue weighted by Crippen LogP contribution is -2.56. The van der Waals surface area contributed by atoms with Gasteiger partial charge in [-0.2, -0.15) is 0 Å². The Morgan fingerprint density at radius 3 is 3.00 bits per heavy atom. The van der Waals surface area contributed by atoms with Gasteiger partial charge in [0.2, 0.25) is 11.8 Å². The molecule has 3 heterocycles. The molecule has 5 nitrogen and oxygen atoms in total. The maximum atomic E-state index is 12.5. The summed E-state index contributed by atoms with van der Waals surface area (Å²) in [6.07, 6.45) is 7.40. The van der Waals surface area contributed by atoms with Gasteiger partial charge in [-0.3, -0.25) is 14.6 Å². The summed E-state index contributed by atoms with van der Waals surface area (Å²) in [5.41, 5.74) is 0.520. The van der Waals surface area contributed by atoms with Crippen LogP contribution in [0.2, 0.25) is 0 Å². The molecule has 1 spiro atoms. The van der Waals surface area contributed by atoms with Gasteiger partial charge >= 0.3 is 0 Å². The van der Waals surface area contributed by atoms with E-state index in [2.05, 4.69) is 4.98 Å². The molecule has 5 heteroatoms. The van der Waals surface area contributed by atoms with E-state index in [9.17, 15) is 9.59 Å². The maximum Gasteiger partial charge on any atom is 0.229 e. The summed E-state index contributed by atoms with van der Waals surface area (Å²) >= 11 is 0. The number of piperidine rings is 1. The van der Waals surface area contributed by atoms with E-state index < -0.39 is 0 Å². The molecule has 2 fully saturated rings. The zero-order chi connectivity index (χ0) is 14.9. The molecule has 1 unspecified atom stereocenters. The van der Waals surface area contributed by atoms with Crippen LogP contribution in [0.15, 0.2) is 24.5 Å². The molecule has 0 aliphatic carbocycles. The monoisotopic (exact) mass is 287 g/mol. The second kappa shape index (κ2) is 5.47. The number of hydrogen-bond acceptors (Lipinski definition) is 3. The largest absolute Gasteiger partial charge is 0.335 e. The minimum Gasteiger partial charge on any atom is -0.335 e. The Balaban J connectivity index is 1.89. The van der Waals surface area contributed by atoms with Crippen molar-refractivity contribution in [1.82, 2.24) is 9.88 Å². The Bertz CT molecular complexity index is 546. The molecule has 1 atom stereocenters. The molecule has 3 rings (SSSR count). The Hall–Kier alpha value is -1.91. The summed E-state index contributed by atoms with van der Waals surface area (Å²) in [6, 6.07) is 3.74. The van der Waals surface area contributed by atoms with Gasteiger partial charge in [-0.05, 0) is 31.4 Å². The maximum absolute atomic E-state index is 12.5. The van der Waals surface area contributed by atoms with Crippen molar-refractivity contribution in [2.75, 3.05) is 18.0 Å². The van der Waals surface area contributed by atoms with Crippen LogP contribution in [0.25, 0.3) is 0 Å².